The smallest absolute Gasteiger partial charge is 0.0995 e. The average molecular weight is 159 g/mol. The van der Waals surface area contributed by atoms with Crippen LogP contribution in [0.3, 0.4) is 0 Å². The third-order valence-electron chi connectivity index (χ3n) is 1.92. The standard InChI is InChI=1S/C10H11N2/c1-8(12-2)10-6-4-3-5-9(10)7-11/h3-6,8H,1-2H3/t8-/m1/s1. The first-order chi connectivity index (χ1) is 5.79. The van der Waals surface area contributed by atoms with Gasteiger partial charge in [0.2, 0.25) is 0 Å². The summed E-state index contributed by atoms with van der Waals surface area (Å²) >= 11 is 0. The number of hydrogen-bond acceptors (Lipinski definition) is 1. The Kier molecular flexibility index (Phi) is 2.84. The molecule has 0 spiro atoms. The maximum atomic E-state index is 8.77. The van der Waals surface area contributed by atoms with Gasteiger partial charge in [-0.1, -0.05) is 18.2 Å². The van der Waals surface area contributed by atoms with Crippen molar-refractivity contribution >= 4 is 0 Å². The van der Waals surface area contributed by atoms with Crippen LogP contribution < -0.4 is 5.32 Å². The van der Waals surface area contributed by atoms with Crippen LogP contribution in [0, 0.1) is 11.3 Å². The molecule has 0 fully saturated rings. The molecule has 2 nitrogen and oxygen atoms in total. The quantitative estimate of drug-likeness (QED) is 0.649. The summed E-state index contributed by atoms with van der Waals surface area (Å²) in [5.74, 6) is 0. The molecule has 0 N–H and O–H groups in total. The van der Waals surface area contributed by atoms with E-state index in [0.717, 1.165) is 11.1 Å². The number of hydrogen-bond donors (Lipinski definition) is 0. The van der Waals surface area contributed by atoms with Gasteiger partial charge in [-0.15, -0.1) is 0 Å². The maximum Gasteiger partial charge on any atom is 0.0995 e. The molecule has 1 radical (unpaired) electrons. The molecule has 0 heterocycles. The molecule has 12 heavy (non-hydrogen) atoms. The van der Waals surface area contributed by atoms with E-state index >= 15 is 0 Å². The molecule has 0 bridgehead atoms. The third kappa shape index (κ3) is 1.63. The van der Waals surface area contributed by atoms with E-state index in [1.807, 2.05) is 31.2 Å². The van der Waals surface area contributed by atoms with E-state index in [1.165, 1.54) is 0 Å². The van der Waals surface area contributed by atoms with Gasteiger partial charge in [0, 0.05) is 13.1 Å². The van der Waals surface area contributed by atoms with E-state index in [4.69, 9.17) is 5.26 Å². The summed E-state index contributed by atoms with van der Waals surface area (Å²) in [4.78, 5) is 0. The van der Waals surface area contributed by atoms with Crippen LogP contribution in [-0.4, -0.2) is 7.05 Å². The highest BCUT2D eigenvalue weighted by Crippen LogP contribution is 2.16. The second kappa shape index (κ2) is 3.89. The zero-order valence-corrected chi connectivity index (χ0v) is 7.28. The predicted octanol–water partition coefficient (Wildman–Crippen LogP) is 1.85. The van der Waals surface area contributed by atoms with Crippen molar-refractivity contribution in [1.82, 2.24) is 5.32 Å². The van der Waals surface area contributed by atoms with Crippen LogP contribution in [0.5, 0.6) is 0 Å². The fraction of sp³-hybridized carbons (Fsp3) is 0.300. The molecule has 1 aromatic rings. The van der Waals surface area contributed by atoms with Crippen molar-refractivity contribution in [3.8, 4) is 6.07 Å². The van der Waals surface area contributed by atoms with Gasteiger partial charge in [-0.25, -0.2) is 5.32 Å². The Bertz CT molecular complexity index is 299. The molecule has 0 saturated heterocycles. The molecule has 0 aliphatic rings. The van der Waals surface area contributed by atoms with Crippen LogP contribution in [0.1, 0.15) is 24.1 Å². The Morgan fingerprint density at radius 1 is 1.42 bits per heavy atom. The van der Waals surface area contributed by atoms with Crippen molar-refractivity contribution < 1.29 is 0 Å². The molecule has 2 heteroatoms. The molecule has 1 aromatic carbocycles. The van der Waals surface area contributed by atoms with Gasteiger partial charge in [0.05, 0.1) is 11.6 Å². The Labute approximate surface area is 72.8 Å². The Hall–Kier alpha value is -1.33. The van der Waals surface area contributed by atoms with Crippen molar-refractivity contribution in [2.24, 2.45) is 0 Å². The SMILES string of the molecule is C[N][C@H](C)c1ccccc1C#N. The van der Waals surface area contributed by atoms with Gasteiger partial charge in [0.15, 0.2) is 0 Å². The van der Waals surface area contributed by atoms with Crippen LogP contribution in [0.25, 0.3) is 0 Å². The monoisotopic (exact) mass is 159 g/mol. The lowest BCUT2D eigenvalue weighted by Gasteiger charge is -2.09. The van der Waals surface area contributed by atoms with E-state index in [0.29, 0.717) is 0 Å². The van der Waals surface area contributed by atoms with Crippen LogP contribution in [0.2, 0.25) is 0 Å². The highest BCUT2D eigenvalue weighted by atomic mass is 14.9. The van der Waals surface area contributed by atoms with Crippen molar-refractivity contribution in [2.45, 2.75) is 13.0 Å². The fourth-order valence-electron chi connectivity index (χ4n) is 1.10. The predicted molar refractivity (Wildman–Crippen MR) is 47.6 cm³/mol. The Morgan fingerprint density at radius 3 is 2.67 bits per heavy atom. The summed E-state index contributed by atoms with van der Waals surface area (Å²) in [5.41, 5.74) is 1.72. The molecule has 1 atom stereocenters. The first-order valence-electron chi connectivity index (χ1n) is 3.87. The summed E-state index contributed by atoms with van der Waals surface area (Å²) in [6, 6.07) is 9.81. The van der Waals surface area contributed by atoms with Gasteiger partial charge in [0.25, 0.3) is 0 Å². The number of nitrogens with zero attached hydrogens (tertiary/aromatic N) is 2. The highest BCUT2D eigenvalue weighted by Gasteiger charge is 2.07. The number of nitriles is 1. The highest BCUT2D eigenvalue weighted by molar-refractivity contribution is 5.38. The van der Waals surface area contributed by atoms with Crippen molar-refractivity contribution in [3.63, 3.8) is 0 Å². The fourth-order valence-corrected chi connectivity index (χ4v) is 1.10. The van der Waals surface area contributed by atoms with Gasteiger partial charge in [0.1, 0.15) is 0 Å². The topological polar surface area (TPSA) is 37.9 Å². The largest absolute Gasteiger partial charge is 0.237 e. The summed E-state index contributed by atoms with van der Waals surface area (Å²) in [6.07, 6.45) is 0. The number of benzene rings is 1. The van der Waals surface area contributed by atoms with Crippen LogP contribution in [0.4, 0.5) is 0 Å². The van der Waals surface area contributed by atoms with Crippen molar-refractivity contribution in [3.05, 3.63) is 35.4 Å². The molecule has 0 amide bonds. The molecule has 0 unspecified atom stereocenters. The van der Waals surface area contributed by atoms with Crippen LogP contribution in [0.15, 0.2) is 24.3 Å². The van der Waals surface area contributed by atoms with Gasteiger partial charge in [-0.3, -0.25) is 0 Å². The molecule has 1 rings (SSSR count). The first-order valence-corrected chi connectivity index (χ1v) is 3.87. The molecule has 0 aromatic heterocycles. The average Bonchev–Trinajstić information content (AvgIpc) is 2.16. The minimum absolute atomic E-state index is 0.112. The molecular weight excluding hydrogens is 148 g/mol. The maximum absolute atomic E-state index is 8.77. The van der Waals surface area contributed by atoms with E-state index in [9.17, 15) is 0 Å². The summed E-state index contributed by atoms with van der Waals surface area (Å²) in [5, 5.41) is 12.9. The van der Waals surface area contributed by atoms with Gasteiger partial charge in [-0.2, -0.15) is 5.26 Å². The molecule has 0 aliphatic carbocycles. The minimum Gasteiger partial charge on any atom is -0.237 e. The summed E-state index contributed by atoms with van der Waals surface area (Å²) in [6.45, 7) is 1.98. The molecular formula is C10H11N2. The Morgan fingerprint density at radius 2 is 2.08 bits per heavy atom. The summed E-state index contributed by atoms with van der Waals surface area (Å²) < 4.78 is 0. The van der Waals surface area contributed by atoms with Crippen LogP contribution >= 0.6 is 0 Å². The van der Waals surface area contributed by atoms with E-state index in [-0.39, 0.29) is 6.04 Å². The molecule has 0 aliphatic heterocycles. The van der Waals surface area contributed by atoms with Crippen LogP contribution in [-0.2, 0) is 0 Å². The Balaban J connectivity index is 3.07. The van der Waals surface area contributed by atoms with E-state index in [2.05, 4.69) is 11.4 Å². The zero-order valence-electron chi connectivity index (χ0n) is 7.28. The lowest BCUT2D eigenvalue weighted by atomic mass is 10.0. The lowest BCUT2D eigenvalue weighted by Crippen LogP contribution is -2.06. The van der Waals surface area contributed by atoms with E-state index < -0.39 is 0 Å². The first kappa shape index (κ1) is 8.76. The molecule has 61 valence electrons. The van der Waals surface area contributed by atoms with Gasteiger partial charge < -0.3 is 0 Å². The van der Waals surface area contributed by atoms with E-state index in [1.54, 1.807) is 7.05 Å². The van der Waals surface area contributed by atoms with Crippen molar-refractivity contribution in [2.75, 3.05) is 7.05 Å². The second-order valence-electron chi connectivity index (χ2n) is 2.63. The van der Waals surface area contributed by atoms with Gasteiger partial charge >= 0.3 is 0 Å². The normalized spacial score (nSPS) is 12.1. The molecule has 0 saturated carbocycles. The second-order valence-corrected chi connectivity index (χ2v) is 2.63. The lowest BCUT2D eigenvalue weighted by molar-refractivity contribution is 0.637. The van der Waals surface area contributed by atoms with Gasteiger partial charge in [-0.05, 0) is 18.6 Å². The minimum atomic E-state index is 0.112. The zero-order chi connectivity index (χ0) is 8.97. The number of rotatable bonds is 2. The third-order valence-corrected chi connectivity index (χ3v) is 1.92. The summed E-state index contributed by atoms with van der Waals surface area (Å²) in [7, 11) is 1.76. The van der Waals surface area contributed by atoms with Crippen molar-refractivity contribution in [1.29, 1.82) is 5.26 Å².